The first-order valence-electron chi connectivity index (χ1n) is 12.5. The number of hydrogen-bond acceptors (Lipinski definition) is 5. The monoisotopic (exact) mass is 523 g/mol. The Morgan fingerprint density at radius 3 is 2.37 bits per heavy atom. The number of alkyl halides is 3. The summed E-state index contributed by atoms with van der Waals surface area (Å²) in [5.74, 6) is 1.62. The fourth-order valence-corrected chi connectivity index (χ4v) is 4.90. The highest BCUT2D eigenvalue weighted by Crippen LogP contribution is 2.42. The SMILES string of the molecule is CCC(C(=O)N1CCN(C2=Nc3cc(C(F)(F)F)ccc3Oc3ccc(OC)cc32)CC1)c1ccccc1. The van der Waals surface area contributed by atoms with E-state index < -0.39 is 11.7 Å². The molecule has 0 saturated carbocycles. The minimum atomic E-state index is -4.51. The summed E-state index contributed by atoms with van der Waals surface area (Å²) in [5.41, 5.74) is 0.905. The molecule has 198 valence electrons. The van der Waals surface area contributed by atoms with Gasteiger partial charge in [-0.05, 0) is 48.4 Å². The molecule has 2 aliphatic rings. The number of hydrogen-bond donors (Lipinski definition) is 0. The first kappa shape index (κ1) is 25.6. The minimum absolute atomic E-state index is 0.0757. The number of benzene rings is 3. The van der Waals surface area contributed by atoms with E-state index in [1.165, 1.54) is 6.07 Å². The van der Waals surface area contributed by atoms with Crippen molar-refractivity contribution in [3.8, 4) is 17.2 Å². The van der Waals surface area contributed by atoms with E-state index in [0.717, 1.165) is 17.7 Å². The quantitative estimate of drug-likeness (QED) is 0.407. The van der Waals surface area contributed by atoms with Gasteiger partial charge in [-0.2, -0.15) is 13.2 Å². The van der Waals surface area contributed by atoms with Crippen LogP contribution in [0.15, 0.2) is 71.7 Å². The highest BCUT2D eigenvalue weighted by atomic mass is 19.4. The van der Waals surface area contributed by atoms with Gasteiger partial charge in [0.05, 0.1) is 24.2 Å². The van der Waals surface area contributed by atoms with Crippen molar-refractivity contribution in [1.82, 2.24) is 9.80 Å². The topological polar surface area (TPSA) is 54.4 Å². The first-order valence-corrected chi connectivity index (χ1v) is 12.5. The summed E-state index contributed by atoms with van der Waals surface area (Å²) in [4.78, 5) is 21.9. The molecule has 1 atom stereocenters. The molecule has 3 aromatic carbocycles. The predicted molar refractivity (Wildman–Crippen MR) is 138 cm³/mol. The Morgan fingerprint density at radius 1 is 1.00 bits per heavy atom. The molecule has 3 aromatic rings. The van der Waals surface area contributed by atoms with Crippen molar-refractivity contribution in [1.29, 1.82) is 0 Å². The largest absolute Gasteiger partial charge is 0.497 e. The van der Waals surface area contributed by atoms with Crippen LogP contribution in [0.3, 0.4) is 0 Å². The number of carbonyl (C=O) groups is 1. The molecule has 6 nitrogen and oxygen atoms in total. The van der Waals surface area contributed by atoms with E-state index in [-0.39, 0.29) is 23.3 Å². The van der Waals surface area contributed by atoms with Gasteiger partial charge in [0.15, 0.2) is 5.75 Å². The number of fused-ring (bicyclic) bond motifs is 2. The van der Waals surface area contributed by atoms with Crippen molar-refractivity contribution < 1.29 is 27.4 Å². The van der Waals surface area contributed by atoms with Gasteiger partial charge >= 0.3 is 6.18 Å². The molecular weight excluding hydrogens is 495 g/mol. The fraction of sp³-hybridized carbons (Fsp3) is 0.310. The molecule has 0 N–H and O–H groups in total. The summed E-state index contributed by atoms with van der Waals surface area (Å²) in [6.07, 6.45) is -3.81. The van der Waals surface area contributed by atoms with Crippen molar-refractivity contribution in [3.63, 3.8) is 0 Å². The Hall–Kier alpha value is -4.01. The summed E-state index contributed by atoms with van der Waals surface area (Å²) < 4.78 is 51.8. The van der Waals surface area contributed by atoms with Crippen LogP contribution in [0.5, 0.6) is 17.2 Å². The molecule has 0 bridgehead atoms. The van der Waals surface area contributed by atoms with Gasteiger partial charge in [0.25, 0.3) is 0 Å². The van der Waals surface area contributed by atoms with Crippen LogP contribution in [0.1, 0.15) is 36.0 Å². The number of nitrogens with zero attached hydrogens (tertiary/aromatic N) is 3. The van der Waals surface area contributed by atoms with Crippen molar-refractivity contribution >= 4 is 17.4 Å². The molecule has 0 aromatic heterocycles. The summed E-state index contributed by atoms with van der Waals surface area (Å²) in [7, 11) is 1.54. The van der Waals surface area contributed by atoms with Gasteiger partial charge in [-0.25, -0.2) is 4.99 Å². The lowest BCUT2D eigenvalue weighted by molar-refractivity contribution is -0.137. The number of piperazine rings is 1. The van der Waals surface area contributed by atoms with Crippen molar-refractivity contribution in [2.75, 3.05) is 33.3 Å². The molecule has 0 spiro atoms. The van der Waals surface area contributed by atoms with E-state index >= 15 is 0 Å². The van der Waals surface area contributed by atoms with Crippen molar-refractivity contribution in [3.05, 3.63) is 83.4 Å². The van der Waals surface area contributed by atoms with Crippen LogP contribution < -0.4 is 9.47 Å². The average Bonchev–Trinajstić information content (AvgIpc) is 3.09. The van der Waals surface area contributed by atoms with E-state index in [2.05, 4.69) is 4.99 Å². The normalized spacial score (nSPS) is 16.0. The van der Waals surface area contributed by atoms with Crippen LogP contribution in [0.4, 0.5) is 18.9 Å². The Morgan fingerprint density at radius 2 is 1.71 bits per heavy atom. The van der Waals surface area contributed by atoms with Gasteiger partial charge in [0.1, 0.15) is 23.0 Å². The molecule has 2 heterocycles. The molecule has 2 aliphatic heterocycles. The van der Waals surface area contributed by atoms with E-state index in [9.17, 15) is 18.0 Å². The molecule has 1 fully saturated rings. The molecule has 0 aliphatic carbocycles. The zero-order chi connectivity index (χ0) is 26.9. The molecule has 1 unspecified atom stereocenters. The number of ether oxygens (including phenoxy) is 2. The van der Waals surface area contributed by atoms with Crippen LogP contribution in [-0.4, -0.2) is 54.8 Å². The summed E-state index contributed by atoms with van der Waals surface area (Å²) in [6.45, 7) is 3.89. The standard InChI is InChI=1S/C29H28F3N3O3/c1-3-22(19-7-5-4-6-8-19)28(36)35-15-13-34(14-16-35)27-23-18-21(37-2)10-12-25(23)38-26-11-9-20(29(30,31)32)17-24(26)33-27/h4-12,17-18,22H,3,13-16H2,1-2H3. The highest BCUT2D eigenvalue weighted by Gasteiger charge is 2.34. The average molecular weight is 524 g/mol. The summed E-state index contributed by atoms with van der Waals surface area (Å²) in [5, 5.41) is 0. The van der Waals surface area contributed by atoms with Crippen LogP contribution >= 0.6 is 0 Å². The smallest absolute Gasteiger partial charge is 0.416 e. The zero-order valence-corrected chi connectivity index (χ0v) is 21.2. The highest BCUT2D eigenvalue weighted by molar-refractivity contribution is 6.04. The van der Waals surface area contributed by atoms with E-state index in [1.807, 2.05) is 47.1 Å². The third-order valence-corrected chi connectivity index (χ3v) is 6.96. The minimum Gasteiger partial charge on any atom is -0.497 e. The fourth-order valence-electron chi connectivity index (χ4n) is 4.90. The third-order valence-electron chi connectivity index (χ3n) is 6.96. The van der Waals surface area contributed by atoms with Gasteiger partial charge in [-0.1, -0.05) is 37.3 Å². The third kappa shape index (κ3) is 5.05. The number of halogens is 3. The number of carbonyl (C=O) groups excluding carboxylic acids is 1. The Labute approximate surface area is 219 Å². The van der Waals surface area contributed by atoms with E-state index in [1.54, 1.807) is 25.3 Å². The van der Waals surface area contributed by atoms with Crippen LogP contribution in [0.2, 0.25) is 0 Å². The maximum absolute atomic E-state index is 13.5. The van der Waals surface area contributed by atoms with Crippen LogP contribution in [0.25, 0.3) is 0 Å². The number of amidine groups is 1. The second-order valence-electron chi connectivity index (χ2n) is 9.26. The number of methoxy groups -OCH3 is 1. The molecule has 9 heteroatoms. The number of aliphatic imine (C=N–C) groups is 1. The first-order chi connectivity index (χ1) is 18.3. The lowest BCUT2D eigenvalue weighted by Gasteiger charge is -2.38. The van der Waals surface area contributed by atoms with Gasteiger partial charge in [0.2, 0.25) is 5.91 Å². The van der Waals surface area contributed by atoms with Crippen molar-refractivity contribution in [2.45, 2.75) is 25.4 Å². The van der Waals surface area contributed by atoms with Crippen LogP contribution in [-0.2, 0) is 11.0 Å². The number of rotatable bonds is 4. The molecular formula is C29H28F3N3O3. The second kappa shape index (κ2) is 10.4. The Balaban J connectivity index is 1.45. The van der Waals surface area contributed by atoms with Gasteiger partial charge in [0, 0.05) is 26.2 Å². The molecule has 0 radical (unpaired) electrons. The Bertz CT molecular complexity index is 1350. The molecule has 1 amide bonds. The van der Waals surface area contributed by atoms with E-state index in [4.69, 9.17) is 9.47 Å². The lowest BCUT2D eigenvalue weighted by atomic mass is 9.94. The van der Waals surface area contributed by atoms with Crippen molar-refractivity contribution in [2.24, 2.45) is 4.99 Å². The molecule has 5 rings (SSSR count). The lowest BCUT2D eigenvalue weighted by Crippen LogP contribution is -2.51. The van der Waals surface area contributed by atoms with Gasteiger partial charge in [-0.15, -0.1) is 0 Å². The van der Waals surface area contributed by atoms with Gasteiger partial charge < -0.3 is 19.3 Å². The summed E-state index contributed by atoms with van der Waals surface area (Å²) >= 11 is 0. The zero-order valence-electron chi connectivity index (χ0n) is 21.2. The van der Waals surface area contributed by atoms with Gasteiger partial charge in [-0.3, -0.25) is 4.79 Å². The van der Waals surface area contributed by atoms with Crippen LogP contribution in [0, 0.1) is 0 Å². The molecule has 38 heavy (non-hydrogen) atoms. The second-order valence-corrected chi connectivity index (χ2v) is 9.26. The number of amides is 1. The maximum Gasteiger partial charge on any atom is 0.416 e. The Kier molecular flexibility index (Phi) is 7.01. The summed E-state index contributed by atoms with van der Waals surface area (Å²) in [6, 6.07) is 18.3. The van der Waals surface area contributed by atoms with E-state index in [0.29, 0.717) is 55.5 Å². The predicted octanol–water partition coefficient (Wildman–Crippen LogP) is 6.24. The maximum atomic E-state index is 13.5. The molecule has 1 saturated heterocycles.